The third-order valence-electron chi connectivity index (χ3n) is 12.3. The van der Waals surface area contributed by atoms with E-state index in [0.29, 0.717) is 19.3 Å². The summed E-state index contributed by atoms with van der Waals surface area (Å²) in [4.78, 5) is 48.5. The van der Waals surface area contributed by atoms with Gasteiger partial charge in [0.1, 0.15) is 12.7 Å². The molecule has 0 rings (SSSR count). The molecule has 3 unspecified atom stereocenters. The molecular weight excluding hydrogens is 952 g/mol. The van der Waals surface area contributed by atoms with Crippen molar-refractivity contribution in [2.24, 2.45) is 0 Å². The first kappa shape index (κ1) is 70.7. The molecular formula is C62H107O11P. The van der Waals surface area contributed by atoms with Crippen LogP contribution in [0.5, 0.6) is 0 Å². The van der Waals surface area contributed by atoms with Crippen molar-refractivity contribution in [1.82, 2.24) is 0 Å². The van der Waals surface area contributed by atoms with E-state index in [1.54, 1.807) is 0 Å². The summed E-state index contributed by atoms with van der Waals surface area (Å²) in [5.74, 6) is -1.53. The lowest BCUT2D eigenvalue weighted by Gasteiger charge is -2.21. The molecule has 0 aromatic carbocycles. The lowest BCUT2D eigenvalue weighted by molar-refractivity contribution is -0.161. The lowest BCUT2D eigenvalue weighted by atomic mass is 10.0. The van der Waals surface area contributed by atoms with Gasteiger partial charge in [-0.25, -0.2) is 4.57 Å². The van der Waals surface area contributed by atoms with Gasteiger partial charge in [0.15, 0.2) is 6.10 Å². The average Bonchev–Trinajstić information content (AvgIpc) is 3.39. The number of rotatable bonds is 54. The van der Waals surface area contributed by atoms with Crippen LogP contribution in [0.2, 0.25) is 0 Å². The summed E-state index contributed by atoms with van der Waals surface area (Å²) in [6.45, 7) is 4.45. The molecule has 426 valence electrons. The predicted octanol–water partition coefficient (Wildman–Crippen LogP) is 17.5. The Morgan fingerprint density at radius 1 is 0.392 bits per heavy atom. The minimum atomic E-state index is -4.76. The summed E-state index contributed by atoms with van der Waals surface area (Å²) in [6.07, 6.45) is 64.0. The fraction of sp³-hybridized carbons (Fsp3) is 0.726. The summed E-state index contributed by atoms with van der Waals surface area (Å²) in [5, 5.41) is 9.81. The first-order chi connectivity index (χ1) is 36.2. The van der Waals surface area contributed by atoms with Crippen LogP contribution in [0.15, 0.2) is 85.1 Å². The Hall–Kier alpha value is -3.34. The zero-order chi connectivity index (χ0) is 54.1. The molecule has 12 heteroatoms. The van der Waals surface area contributed by atoms with Crippen molar-refractivity contribution in [1.29, 1.82) is 0 Å². The van der Waals surface area contributed by atoms with Crippen molar-refractivity contribution < 1.29 is 52.2 Å². The van der Waals surface area contributed by atoms with E-state index in [-0.39, 0.29) is 25.9 Å². The van der Waals surface area contributed by atoms with Crippen LogP contribution < -0.4 is 0 Å². The zero-order valence-corrected chi connectivity index (χ0v) is 47.9. The molecule has 0 bridgehead atoms. The van der Waals surface area contributed by atoms with Gasteiger partial charge in [-0.2, -0.15) is 0 Å². The molecule has 0 spiro atoms. The molecule has 0 saturated carbocycles. The van der Waals surface area contributed by atoms with Gasteiger partial charge in [-0.05, 0) is 96.3 Å². The number of carbonyl (C=O) groups excluding carboxylic acids is 3. The molecule has 0 saturated heterocycles. The molecule has 0 aromatic rings. The molecule has 0 aromatic heterocycles. The number of unbranched alkanes of at least 4 members (excludes halogenated alkanes) is 23. The van der Waals surface area contributed by atoms with E-state index in [0.717, 1.165) is 109 Å². The molecule has 0 fully saturated rings. The number of allylic oxidation sites excluding steroid dienone is 14. The maximum atomic E-state index is 12.9. The smallest absolute Gasteiger partial charge is 0.462 e. The van der Waals surface area contributed by atoms with Gasteiger partial charge < -0.3 is 24.2 Å². The normalized spacial score (nSPS) is 14.0. The highest BCUT2D eigenvalue weighted by Crippen LogP contribution is 2.43. The van der Waals surface area contributed by atoms with Crippen molar-refractivity contribution in [2.75, 3.05) is 26.4 Å². The van der Waals surface area contributed by atoms with Crippen LogP contribution in [0.4, 0.5) is 0 Å². The highest BCUT2D eigenvalue weighted by molar-refractivity contribution is 7.47. The first-order valence-corrected chi connectivity index (χ1v) is 31.0. The van der Waals surface area contributed by atoms with E-state index in [4.69, 9.17) is 23.3 Å². The summed E-state index contributed by atoms with van der Waals surface area (Å²) >= 11 is 0. The number of hydrogen-bond acceptors (Lipinski definition) is 10. The zero-order valence-electron chi connectivity index (χ0n) is 47.0. The molecule has 11 nitrogen and oxygen atoms in total. The number of aliphatic hydroxyl groups is 1. The van der Waals surface area contributed by atoms with Crippen LogP contribution in [0.3, 0.4) is 0 Å². The minimum absolute atomic E-state index is 0.110. The monoisotopic (exact) mass is 1060 g/mol. The number of phosphoric ester groups is 1. The highest BCUT2D eigenvalue weighted by Gasteiger charge is 2.28. The van der Waals surface area contributed by atoms with Gasteiger partial charge in [-0.1, -0.05) is 221 Å². The molecule has 3 atom stereocenters. The van der Waals surface area contributed by atoms with Gasteiger partial charge >= 0.3 is 25.7 Å². The number of phosphoric acid groups is 1. The van der Waals surface area contributed by atoms with E-state index in [9.17, 15) is 28.9 Å². The molecule has 0 aliphatic rings. The van der Waals surface area contributed by atoms with Crippen molar-refractivity contribution in [2.45, 2.75) is 264 Å². The van der Waals surface area contributed by atoms with Gasteiger partial charge in [-0.15, -0.1) is 0 Å². The lowest BCUT2D eigenvalue weighted by Crippen LogP contribution is -2.30. The average molecular weight is 1060 g/mol. The van der Waals surface area contributed by atoms with Crippen LogP contribution in [-0.4, -0.2) is 66.5 Å². The second kappa shape index (κ2) is 55.9. The Bertz CT molecular complexity index is 1560. The third-order valence-corrected chi connectivity index (χ3v) is 13.3. The summed E-state index contributed by atoms with van der Waals surface area (Å²) in [5.41, 5.74) is 0. The fourth-order valence-electron chi connectivity index (χ4n) is 7.82. The van der Waals surface area contributed by atoms with Gasteiger partial charge in [0.05, 0.1) is 19.8 Å². The van der Waals surface area contributed by atoms with Gasteiger partial charge in [0.25, 0.3) is 0 Å². The number of ether oxygens (including phenoxy) is 3. The molecule has 0 aliphatic carbocycles. The number of aliphatic hydroxyl groups excluding tert-OH is 1. The quantitative estimate of drug-likeness (QED) is 0.0197. The highest BCUT2D eigenvalue weighted by atomic mass is 31.2. The van der Waals surface area contributed by atoms with Gasteiger partial charge in [0.2, 0.25) is 0 Å². The molecule has 0 amide bonds. The molecule has 0 aliphatic heterocycles. The minimum Gasteiger partial charge on any atom is -0.462 e. The summed E-state index contributed by atoms with van der Waals surface area (Å²) in [7, 11) is -4.76. The second-order valence-corrected chi connectivity index (χ2v) is 20.9. The Morgan fingerprint density at radius 2 is 0.703 bits per heavy atom. The van der Waals surface area contributed by atoms with Gasteiger partial charge in [-0.3, -0.25) is 23.4 Å². The number of esters is 3. The van der Waals surface area contributed by atoms with Crippen molar-refractivity contribution in [3.05, 3.63) is 85.1 Å². The maximum Gasteiger partial charge on any atom is 0.472 e. The summed E-state index contributed by atoms with van der Waals surface area (Å²) in [6, 6.07) is 0. The SMILES string of the molecule is CC/C=C\C/C=C\C/C=C\C/C=C\CCCCC(=O)OC(COC(=O)CCCCCCCC/C=C\C/C=C\C/C=C\CCCCC)COP(=O)(O)OCC(CO)OC(=O)CCCCCCCCCCCCCCC. The third kappa shape index (κ3) is 53.5. The van der Waals surface area contributed by atoms with Gasteiger partial charge in [0, 0.05) is 19.3 Å². The van der Waals surface area contributed by atoms with E-state index >= 15 is 0 Å². The van der Waals surface area contributed by atoms with Crippen LogP contribution in [0.25, 0.3) is 0 Å². The predicted molar refractivity (Wildman–Crippen MR) is 307 cm³/mol. The largest absolute Gasteiger partial charge is 0.472 e. The van der Waals surface area contributed by atoms with Crippen LogP contribution >= 0.6 is 7.82 Å². The van der Waals surface area contributed by atoms with Crippen LogP contribution in [-0.2, 0) is 42.2 Å². The fourth-order valence-corrected chi connectivity index (χ4v) is 8.61. The first-order valence-electron chi connectivity index (χ1n) is 29.5. The van der Waals surface area contributed by atoms with E-state index in [1.807, 2.05) is 0 Å². The molecule has 2 N–H and O–H groups in total. The Morgan fingerprint density at radius 3 is 1.14 bits per heavy atom. The van der Waals surface area contributed by atoms with Crippen LogP contribution in [0, 0.1) is 0 Å². The summed E-state index contributed by atoms with van der Waals surface area (Å²) < 4.78 is 39.5. The van der Waals surface area contributed by atoms with Crippen molar-refractivity contribution in [3.63, 3.8) is 0 Å². The standard InChI is InChI=1S/C62H107O11P/c1-4-7-10-13-16-19-22-25-27-28-29-30-32-34-36-39-42-45-48-51-60(64)69-55-59(73-62(66)53-50-47-44-41-38-35-31-26-23-20-17-14-11-8-5-2)57-71-74(67,68)70-56-58(54-63)72-61(65)52-49-46-43-40-37-33-24-21-18-15-12-9-6-3/h8,11,16-17,19-20,25-27,29-31,38,41,58-59,63H,4-7,9-10,12-15,18,21-24,28,32-37,39-40,42-57H2,1-3H3,(H,67,68)/b11-8-,19-16-,20-17-,27-25-,30-29-,31-26-,41-38-. The number of hydrogen-bond donors (Lipinski definition) is 2. The maximum absolute atomic E-state index is 12.9. The topological polar surface area (TPSA) is 155 Å². The molecule has 74 heavy (non-hydrogen) atoms. The molecule has 0 radical (unpaired) electrons. The Balaban J connectivity index is 4.79. The number of carbonyl (C=O) groups is 3. The second-order valence-electron chi connectivity index (χ2n) is 19.4. The Kier molecular flexibility index (Phi) is 53.4. The van der Waals surface area contributed by atoms with Crippen molar-refractivity contribution >= 4 is 25.7 Å². The Labute approximate surface area is 451 Å². The van der Waals surface area contributed by atoms with E-state index in [2.05, 4.69) is 106 Å². The van der Waals surface area contributed by atoms with E-state index in [1.165, 1.54) is 83.5 Å². The molecule has 0 heterocycles. The van der Waals surface area contributed by atoms with Crippen LogP contribution in [0.1, 0.15) is 252 Å². The van der Waals surface area contributed by atoms with E-state index < -0.39 is 57.8 Å². The van der Waals surface area contributed by atoms with Crippen molar-refractivity contribution in [3.8, 4) is 0 Å².